The Kier molecular flexibility index (Phi) is 4.35. The van der Waals surface area contributed by atoms with Crippen LogP contribution in [0.15, 0.2) is 42.5 Å². The highest BCUT2D eigenvalue weighted by Gasteiger charge is 2.04. The van der Waals surface area contributed by atoms with Crippen molar-refractivity contribution in [3.05, 3.63) is 59.4 Å². The first-order chi connectivity index (χ1) is 9.58. The van der Waals surface area contributed by atoms with Gasteiger partial charge in [0, 0.05) is 17.8 Å². The van der Waals surface area contributed by atoms with Crippen molar-refractivity contribution in [1.82, 2.24) is 0 Å². The number of hydrogen-bond donors (Lipinski definition) is 1. The molecule has 0 amide bonds. The van der Waals surface area contributed by atoms with Crippen molar-refractivity contribution < 1.29 is 13.9 Å². The second-order valence-corrected chi connectivity index (χ2v) is 4.49. The molecule has 0 saturated heterocycles. The molecule has 2 aromatic rings. The Balaban J connectivity index is 2.08. The van der Waals surface area contributed by atoms with E-state index in [0.717, 1.165) is 11.3 Å². The number of Topliss-reactive ketones (excluding diaryl/α,β-unsaturated/α-hetero) is 1. The van der Waals surface area contributed by atoms with Gasteiger partial charge in [-0.25, -0.2) is 4.39 Å². The van der Waals surface area contributed by atoms with Crippen molar-refractivity contribution in [2.24, 2.45) is 0 Å². The van der Waals surface area contributed by atoms with E-state index in [1.807, 2.05) is 24.3 Å². The lowest BCUT2D eigenvalue weighted by Crippen LogP contribution is -2.02. The van der Waals surface area contributed by atoms with Crippen LogP contribution < -0.4 is 10.1 Å². The summed E-state index contributed by atoms with van der Waals surface area (Å²) in [5.74, 6) is 0.213. The summed E-state index contributed by atoms with van der Waals surface area (Å²) in [5, 5.41) is 3.10. The molecule has 0 aromatic heterocycles. The molecule has 0 bridgehead atoms. The molecule has 0 saturated carbocycles. The van der Waals surface area contributed by atoms with Gasteiger partial charge in [-0.3, -0.25) is 4.79 Å². The highest BCUT2D eigenvalue weighted by molar-refractivity contribution is 5.94. The molecule has 0 radical (unpaired) electrons. The Bertz CT molecular complexity index is 608. The fourth-order valence-electron chi connectivity index (χ4n) is 1.84. The lowest BCUT2D eigenvalue weighted by molar-refractivity contribution is 0.101. The van der Waals surface area contributed by atoms with Crippen LogP contribution in [0.5, 0.6) is 5.75 Å². The Morgan fingerprint density at radius 1 is 1.20 bits per heavy atom. The van der Waals surface area contributed by atoms with Gasteiger partial charge < -0.3 is 10.1 Å². The molecule has 0 spiro atoms. The predicted molar refractivity (Wildman–Crippen MR) is 76.7 cm³/mol. The van der Waals surface area contributed by atoms with E-state index in [9.17, 15) is 9.18 Å². The molecule has 0 heterocycles. The van der Waals surface area contributed by atoms with Crippen molar-refractivity contribution in [2.45, 2.75) is 13.5 Å². The van der Waals surface area contributed by atoms with Crippen LogP contribution in [0, 0.1) is 5.82 Å². The molecule has 3 nitrogen and oxygen atoms in total. The van der Waals surface area contributed by atoms with Gasteiger partial charge in [-0.2, -0.15) is 0 Å². The van der Waals surface area contributed by atoms with E-state index >= 15 is 0 Å². The van der Waals surface area contributed by atoms with E-state index in [0.29, 0.717) is 17.8 Å². The third-order valence-corrected chi connectivity index (χ3v) is 2.96. The molecule has 0 fully saturated rings. The van der Waals surface area contributed by atoms with Crippen molar-refractivity contribution >= 4 is 11.5 Å². The van der Waals surface area contributed by atoms with Gasteiger partial charge in [0.25, 0.3) is 0 Å². The maximum absolute atomic E-state index is 13.4. The zero-order valence-corrected chi connectivity index (χ0v) is 11.4. The summed E-state index contributed by atoms with van der Waals surface area (Å²) in [6.07, 6.45) is 0. The number of methoxy groups -OCH3 is 1. The number of halogens is 1. The van der Waals surface area contributed by atoms with Crippen LogP contribution in [0.4, 0.5) is 10.1 Å². The van der Waals surface area contributed by atoms with Crippen LogP contribution in [0.1, 0.15) is 22.8 Å². The topological polar surface area (TPSA) is 38.3 Å². The van der Waals surface area contributed by atoms with Gasteiger partial charge in [0.15, 0.2) is 5.78 Å². The molecule has 1 N–H and O–H groups in total. The lowest BCUT2D eigenvalue weighted by atomic mass is 10.1. The van der Waals surface area contributed by atoms with E-state index in [4.69, 9.17) is 4.74 Å². The molecule has 0 unspecified atom stereocenters. The van der Waals surface area contributed by atoms with Crippen molar-refractivity contribution in [1.29, 1.82) is 0 Å². The molecular weight excluding hydrogens is 257 g/mol. The SMILES string of the molecule is COc1ccc(CNc2cc(F)cc(C(C)=O)c2)cc1. The monoisotopic (exact) mass is 273 g/mol. The molecule has 0 aliphatic heterocycles. The first kappa shape index (κ1) is 14.1. The van der Waals surface area contributed by atoms with Gasteiger partial charge in [0.05, 0.1) is 7.11 Å². The van der Waals surface area contributed by atoms with Crippen LogP contribution in [-0.2, 0) is 6.54 Å². The van der Waals surface area contributed by atoms with Crippen LogP contribution in [0.2, 0.25) is 0 Å². The van der Waals surface area contributed by atoms with Gasteiger partial charge in [-0.15, -0.1) is 0 Å². The molecule has 20 heavy (non-hydrogen) atoms. The molecule has 2 aromatic carbocycles. The molecule has 104 valence electrons. The Labute approximate surface area is 117 Å². The number of rotatable bonds is 5. The third kappa shape index (κ3) is 3.57. The number of ketones is 1. The molecule has 0 atom stereocenters. The minimum absolute atomic E-state index is 0.156. The number of carbonyl (C=O) groups is 1. The minimum Gasteiger partial charge on any atom is -0.497 e. The number of hydrogen-bond acceptors (Lipinski definition) is 3. The van der Waals surface area contributed by atoms with E-state index in [-0.39, 0.29) is 5.78 Å². The van der Waals surface area contributed by atoms with Crippen molar-refractivity contribution in [3.8, 4) is 5.75 Å². The average molecular weight is 273 g/mol. The first-order valence-corrected chi connectivity index (χ1v) is 6.27. The first-order valence-electron chi connectivity index (χ1n) is 6.27. The molecular formula is C16H16FNO2. The number of anilines is 1. The largest absolute Gasteiger partial charge is 0.497 e. The summed E-state index contributed by atoms with van der Waals surface area (Å²) in [6.45, 7) is 1.97. The summed E-state index contributed by atoms with van der Waals surface area (Å²) in [5.41, 5.74) is 1.99. The molecule has 0 aliphatic rings. The Morgan fingerprint density at radius 3 is 2.50 bits per heavy atom. The highest BCUT2D eigenvalue weighted by atomic mass is 19.1. The fraction of sp³-hybridized carbons (Fsp3) is 0.188. The maximum Gasteiger partial charge on any atom is 0.159 e. The zero-order chi connectivity index (χ0) is 14.5. The Hall–Kier alpha value is -2.36. The number of benzene rings is 2. The summed E-state index contributed by atoms with van der Waals surface area (Å²) >= 11 is 0. The fourth-order valence-corrected chi connectivity index (χ4v) is 1.84. The third-order valence-electron chi connectivity index (χ3n) is 2.96. The quantitative estimate of drug-likeness (QED) is 0.845. The predicted octanol–water partition coefficient (Wildman–Crippen LogP) is 3.65. The lowest BCUT2D eigenvalue weighted by Gasteiger charge is -2.09. The normalized spacial score (nSPS) is 10.2. The minimum atomic E-state index is -0.421. The van der Waals surface area contributed by atoms with E-state index in [1.165, 1.54) is 19.1 Å². The molecule has 4 heteroatoms. The van der Waals surface area contributed by atoms with Gasteiger partial charge in [-0.1, -0.05) is 12.1 Å². The van der Waals surface area contributed by atoms with E-state index in [1.54, 1.807) is 13.2 Å². The van der Waals surface area contributed by atoms with Gasteiger partial charge in [-0.05, 0) is 42.8 Å². The summed E-state index contributed by atoms with van der Waals surface area (Å²) in [7, 11) is 1.61. The Morgan fingerprint density at radius 2 is 1.90 bits per heavy atom. The molecule has 0 aliphatic carbocycles. The second kappa shape index (κ2) is 6.19. The highest BCUT2D eigenvalue weighted by Crippen LogP contribution is 2.17. The summed E-state index contributed by atoms with van der Waals surface area (Å²) in [4.78, 5) is 11.3. The van der Waals surface area contributed by atoms with Crippen molar-refractivity contribution in [3.63, 3.8) is 0 Å². The maximum atomic E-state index is 13.4. The van der Waals surface area contributed by atoms with Crippen molar-refractivity contribution in [2.75, 3.05) is 12.4 Å². The van der Waals surface area contributed by atoms with Gasteiger partial charge in [0.2, 0.25) is 0 Å². The van der Waals surface area contributed by atoms with E-state index in [2.05, 4.69) is 5.32 Å². The number of carbonyl (C=O) groups excluding carboxylic acids is 1. The standard InChI is InChI=1S/C16H16FNO2/c1-11(19)13-7-14(17)9-15(8-13)18-10-12-3-5-16(20-2)6-4-12/h3-9,18H,10H2,1-2H3. The van der Waals surface area contributed by atoms with Crippen LogP contribution in [0.25, 0.3) is 0 Å². The van der Waals surface area contributed by atoms with Gasteiger partial charge >= 0.3 is 0 Å². The van der Waals surface area contributed by atoms with Crippen LogP contribution in [-0.4, -0.2) is 12.9 Å². The van der Waals surface area contributed by atoms with Crippen LogP contribution in [0.3, 0.4) is 0 Å². The van der Waals surface area contributed by atoms with Gasteiger partial charge in [0.1, 0.15) is 11.6 Å². The number of ether oxygens (including phenoxy) is 1. The van der Waals surface area contributed by atoms with Crippen LogP contribution >= 0.6 is 0 Å². The van der Waals surface area contributed by atoms with E-state index < -0.39 is 5.82 Å². The number of nitrogens with one attached hydrogen (secondary N) is 1. The zero-order valence-electron chi connectivity index (χ0n) is 11.4. The molecule has 2 rings (SSSR count). The second-order valence-electron chi connectivity index (χ2n) is 4.49. The summed E-state index contributed by atoms with van der Waals surface area (Å²) in [6, 6.07) is 11.8. The summed E-state index contributed by atoms with van der Waals surface area (Å²) < 4.78 is 18.5. The smallest absolute Gasteiger partial charge is 0.159 e. The average Bonchev–Trinajstić information content (AvgIpc) is 2.45.